The number of pyridine rings is 1. The van der Waals surface area contributed by atoms with Crippen molar-refractivity contribution in [3.05, 3.63) is 59.3 Å². The first-order valence-electron chi connectivity index (χ1n) is 9.45. The molecule has 142 valence electrons. The van der Waals surface area contributed by atoms with Gasteiger partial charge in [0, 0.05) is 25.8 Å². The van der Waals surface area contributed by atoms with E-state index in [-0.39, 0.29) is 11.5 Å². The van der Waals surface area contributed by atoms with Crippen LogP contribution >= 0.6 is 0 Å². The number of nitrogens with one attached hydrogen (secondary N) is 1. The van der Waals surface area contributed by atoms with Crippen LogP contribution in [-0.2, 0) is 6.42 Å². The molecule has 1 aromatic heterocycles. The van der Waals surface area contributed by atoms with Gasteiger partial charge in [-0.2, -0.15) is 0 Å². The summed E-state index contributed by atoms with van der Waals surface area (Å²) >= 11 is 0. The first kappa shape index (κ1) is 18.9. The molecule has 3 rings (SSSR count). The summed E-state index contributed by atoms with van der Waals surface area (Å²) in [5, 5.41) is 11.9. The predicted molar refractivity (Wildman–Crippen MR) is 104 cm³/mol. The number of carboxylic acid groups (broad SMARTS) is 1. The van der Waals surface area contributed by atoms with Gasteiger partial charge in [-0.1, -0.05) is 25.0 Å². The number of nitrogens with zero attached hydrogens (tertiary/aromatic N) is 2. The second-order valence-electron chi connectivity index (χ2n) is 6.82. The molecule has 1 saturated heterocycles. The van der Waals surface area contributed by atoms with Gasteiger partial charge in [-0.3, -0.25) is 4.79 Å². The number of rotatable bonds is 6. The summed E-state index contributed by atoms with van der Waals surface area (Å²) in [6.45, 7) is 2.48. The standard InChI is InChI=1S/C21H25N3O3/c25-20(22-11-10-16-6-5-7-17(14-16)21(26)27)18-8-9-19(23-15-18)24-12-3-1-2-4-13-24/h5-9,14-15H,1-4,10-13H2,(H,22,25)(H,26,27). The van der Waals surface area contributed by atoms with Crippen LogP contribution in [-0.4, -0.2) is 41.6 Å². The molecule has 0 spiro atoms. The summed E-state index contributed by atoms with van der Waals surface area (Å²) in [6, 6.07) is 10.5. The summed E-state index contributed by atoms with van der Waals surface area (Å²) < 4.78 is 0. The van der Waals surface area contributed by atoms with Gasteiger partial charge in [0.2, 0.25) is 0 Å². The van der Waals surface area contributed by atoms with Crippen molar-refractivity contribution in [2.45, 2.75) is 32.1 Å². The van der Waals surface area contributed by atoms with E-state index in [2.05, 4.69) is 15.2 Å². The van der Waals surface area contributed by atoms with E-state index in [1.165, 1.54) is 25.7 Å². The zero-order valence-corrected chi connectivity index (χ0v) is 15.4. The van der Waals surface area contributed by atoms with Crippen LogP contribution in [0.25, 0.3) is 0 Å². The minimum atomic E-state index is -0.948. The molecule has 2 heterocycles. The van der Waals surface area contributed by atoms with E-state index in [1.807, 2.05) is 18.2 Å². The summed E-state index contributed by atoms with van der Waals surface area (Å²) in [7, 11) is 0. The van der Waals surface area contributed by atoms with Crippen molar-refractivity contribution in [1.82, 2.24) is 10.3 Å². The Morgan fingerprint density at radius 1 is 1.04 bits per heavy atom. The first-order valence-corrected chi connectivity index (χ1v) is 9.45. The molecule has 0 aliphatic carbocycles. The lowest BCUT2D eigenvalue weighted by Crippen LogP contribution is -2.27. The van der Waals surface area contributed by atoms with Gasteiger partial charge in [-0.15, -0.1) is 0 Å². The predicted octanol–water partition coefficient (Wildman–Crippen LogP) is 3.13. The Balaban J connectivity index is 1.52. The van der Waals surface area contributed by atoms with Crippen molar-refractivity contribution < 1.29 is 14.7 Å². The van der Waals surface area contributed by atoms with Crippen molar-refractivity contribution in [3.8, 4) is 0 Å². The van der Waals surface area contributed by atoms with Gasteiger partial charge in [0.25, 0.3) is 5.91 Å². The highest BCUT2D eigenvalue weighted by atomic mass is 16.4. The van der Waals surface area contributed by atoms with E-state index in [1.54, 1.807) is 24.4 Å². The average Bonchev–Trinajstić information content (AvgIpc) is 2.98. The quantitative estimate of drug-likeness (QED) is 0.820. The molecule has 0 atom stereocenters. The zero-order chi connectivity index (χ0) is 19.1. The molecule has 1 fully saturated rings. The van der Waals surface area contributed by atoms with Gasteiger partial charge in [0.1, 0.15) is 5.82 Å². The van der Waals surface area contributed by atoms with Crippen molar-refractivity contribution in [3.63, 3.8) is 0 Å². The van der Waals surface area contributed by atoms with Gasteiger partial charge < -0.3 is 15.3 Å². The highest BCUT2D eigenvalue weighted by molar-refractivity contribution is 5.94. The molecule has 1 amide bonds. The first-order chi connectivity index (χ1) is 13.1. The number of amides is 1. The molecule has 1 aromatic carbocycles. The molecule has 0 bridgehead atoms. The fraction of sp³-hybridized carbons (Fsp3) is 0.381. The number of anilines is 1. The summed E-state index contributed by atoms with van der Waals surface area (Å²) in [5.74, 6) is -0.185. The maximum absolute atomic E-state index is 12.3. The van der Waals surface area contributed by atoms with Crippen molar-refractivity contribution in [1.29, 1.82) is 0 Å². The lowest BCUT2D eigenvalue weighted by molar-refractivity contribution is 0.0696. The molecule has 2 N–H and O–H groups in total. The Bertz CT molecular complexity index is 782. The molecule has 2 aromatic rings. The number of hydrogen-bond donors (Lipinski definition) is 2. The SMILES string of the molecule is O=C(O)c1cccc(CCNC(=O)c2ccc(N3CCCCCC3)nc2)c1. The number of aromatic nitrogens is 1. The maximum atomic E-state index is 12.3. The topological polar surface area (TPSA) is 82.5 Å². The van der Waals surface area contributed by atoms with E-state index in [4.69, 9.17) is 5.11 Å². The fourth-order valence-corrected chi connectivity index (χ4v) is 3.29. The molecule has 0 saturated carbocycles. The van der Waals surface area contributed by atoms with Gasteiger partial charge in [-0.05, 0) is 49.1 Å². The molecule has 6 nitrogen and oxygen atoms in total. The lowest BCUT2D eigenvalue weighted by atomic mass is 10.1. The molecule has 6 heteroatoms. The Labute approximate surface area is 159 Å². The molecular formula is C21H25N3O3. The Hall–Kier alpha value is -2.89. The smallest absolute Gasteiger partial charge is 0.335 e. The fourth-order valence-electron chi connectivity index (χ4n) is 3.29. The molecular weight excluding hydrogens is 342 g/mol. The van der Waals surface area contributed by atoms with Gasteiger partial charge in [-0.25, -0.2) is 9.78 Å². The largest absolute Gasteiger partial charge is 0.478 e. The highest BCUT2D eigenvalue weighted by Gasteiger charge is 2.12. The van der Waals surface area contributed by atoms with Crippen LogP contribution in [0.2, 0.25) is 0 Å². The van der Waals surface area contributed by atoms with Crippen molar-refractivity contribution in [2.75, 3.05) is 24.5 Å². The third kappa shape index (κ3) is 5.29. The van der Waals surface area contributed by atoms with Crippen LogP contribution in [0.4, 0.5) is 5.82 Å². The van der Waals surface area contributed by atoms with Crippen LogP contribution in [0.15, 0.2) is 42.6 Å². The number of carbonyl (C=O) groups is 2. The number of benzene rings is 1. The molecule has 0 unspecified atom stereocenters. The minimum absolute atomic E-state index is 0.167. The van der Waals surface area contributed by atoms with Crippen molar-refractivity contribution in [2.24, 2.45) is 0 Å². The van der Waals surface area contributed by atoms with E-state index in [0.29, 0.717) is 18.5 Å². The van der Waals surface area contributed by atoms with Crippen LogP contribution in [0.3, 0.4) is 0 Å². The molecule has 0 radical (unpaired) electrons. The van der Waals surface area contributed by atoms with Crippen LogP contribution in [0.5, 0.6) is 0 Å². The Morgan fingerprint density at radius 2 is 1.81 bits per heavy atom. The normalized spacial score (nSPS) is 14.4. The van der Waals surface area contributed by atoms with E-state index in [0.717, 1.165) is 24.5 Å². The van der Waals surface area contributed by atoms with Gasteiger partial charge in [0.05, 0.1) is 11.1 Å². The number of hydrogen-bond acceptors (Lipinski definition) is 4. The van der Waals surface area contributed by atoms with Crippen LogP contribution < -0.4 is 10.2 Å². The zero-order valence-electron chi connectivity index (χ0n) is 15.4. The Morgan fingerprint density at radius 3 is 2.48 bits per heavy atom. The molecule has 27 heavy (non-hydrogen) atoms. The third-order valence-electron chi connectivity index (χ3n) is 4.81. The highest BCUT2D eigenvalue weighted by Crippen LogP contribution is 2.17. The summed E-state index contributed by atoms with van der Waals surface area (Å²) in [5.41, 5.74) is 1.67. The van der Waals surface area contributed by atoms with E-state index < -0.39 is 5.97 Å². The average molecular weight is 367 g/mol. The monoisotopic (exact) mass is 367 g/mol. The number of carboxylic acids is 1. The summed E-state index contributed by atoms with van der Waals surface area (Å²) in [6.07, 6.45) is 7.12. The molecule has 1 aliphatic heterocycles. The van der Waals surface area contributed by atoms with Crippen molar-refractivity contribution >= 4 is 17.7 Å². The van der Waals surface area contributed by atoms with Crippen LogP contribution in [0, 0.1) is 0 Å². The number of carbonyl (C=O) groups excluding carboxylic acids is 1. The van der Waals surface area contributed by atoms with E-state index in [9.17, 15) is 9.59 Å². The molecule has 1 aliphatic rings. The number of aromatic carboxylic acids is 1. The Kier molecular flexibility index (Phi) is 6.41. The third-order valence-corrected chi connectivity index (χ3v) is 4.81. The lowest BCUT2D eigenvalue weighted by Gasteiger charge is -2.21. The van der Waals surface area contributed by atoms with Gasteiger partial charge >= 0.3 is 5.97 Å². The summed E-state index contributed by atoms with van der Waals surface area (Å²) in [4.78, 5) is 30.0. The van der Waals surface area contributed by atoms with E-state index >= 15 is 0 Å². The van der Waals surface area contributed by atoms with Gasteiger partial charge in [0.15, 0.2) is 0 Å². The maximum Gasteiger partial charge on any atom is 0.335 e. The minimum Gasteiger partial charge on any atom is -0.478 e. The van der Waals surface area contributed by atoms with Crippen LogP contribution in [0.1, 0.15) is 52.0 Å². The second kappa shape index (κ2) is 9.16. The second-order valence-corrected chi connectivity index (χ2v) is 6.82.